The Morgan fingerprint density at radius 1 is 1.36 bits per heavy atom. The number of hydrogen-bond donors (Lipinski definition) is 0. The summed E-state index contributed by atoms with van der Waals surface area (Å²) in [5.74, 6) is 1.58. The summed E-state index contributed by atoms with van der Waals surface area (Å²) in [4.78, 5) is 27.7. The van der Waals surface area contributed by atoms with Crippen LogP contribution < -0.4 is 4.90 Å². The summed E-state index contributed by atoms with van der Waals surface area (Å²) in [6, 6.07) is 1.94. The van der Waals surface area contributed by atoms with E-state index in [-0.39, 0.29) is 11.9 Å². The van der Waals surface area contributed by atoms with Crippen molar-refractivity contribution in [3.05, 3.63) is 17.3 Å². The SMILES string of the molecule is Cc1cc2c(N3CCN(CC(C)C)C(=O)[C@@H]3C)ncnc2s1. The van der Waals surface area contributed by atoms with E-state index in [1.807, 2.05) is 11.8 Å². The minimum absolute atomic E-state index is 0.175. The molecule has 0 aliphatic carbocycles. The Balaban J connectivity index is 1.90. The van der Waals surface area contributed by atoms with Gasteiger partial charge in [-0.25, -0.2) is 9.97 Å². The zero-order valence-corrected chi connectivity index (χ0v) is 14.4. The van der Waals surface area contributed by atoms with Gasteiger partial charge in [-0.15, -0.1) is 11.3 Å². The van der Waals surface area contributed by atoms with Gasteiger partial charge in [0.25, 0.3) is 0 Å². The van der Waals surface area contributed by atoms with Crippen LogP contribution in [0, 0.1) is 12.8 Å². The van der Waals surface area contributed by atoms with E-state index in [1.165, 1.54) is 4.88 Å². The second-order valence-electron chi connectivity index (χ2n) is 6.32. The Hall–Kier alpha value is -1.69. The van der Waals surface area contributed by atoms with E-state index in [2.05, 4.69) is 41.7 Å². The molecule has 3 heterocycles. The van der Waals surface area contributed by atoms with Crippen molar-refractivity contribution < 1.29 is 4.79 Å². The second-order valence-corrected chi connectivity index (χ2v) is 7.56. The molecule has 1 atom stereocenters. The number of aryl methyl sites for hydroxylation is 1. The lowest BCUT2D eigenvalue weighted by Gasteiger charge is -2.40. The van der Waals surface area contributed by atoms with E-state index in [0.717, 1.165) is 35.7 Å². The topological polar surface area (TPSA) is 49.3 Å². The number of carbonyl (C=O) groups is 1. The molecule has 118 valence electrons. The molecule has 2 aromatic rings. The first-order valence-electron chi connectivity index (χ1n) is 7.74. The molecule has 0 bridgehead atoms. The Morgan fingerprint density at radius 2 is 2.14 bits per heavy atom. The standard InChI is InChI=1S/C16H22N4OS/c1-10(2)8-19-5-6-20(12(4)16(19)21)14-13-7-11(3)22-15(13)18-9-17-14/h7,9-10,12H,5-6,8H2,1-4H3/t12-/m0/s1. The molecule has 6 heteroatoms. The van der Waals surface area contributed by atoms with Crippen LogP contribution in [-0.4, -0.2) is 46.5 Å². The van der Waals surface area contributed by atoms with Gasteiger partial charge >= 0.3 is 0 Å². The van der Waals surface area contributed by atoms with Crippen LogP contribution in [0.25, 0.3) is 10.2 Å². The van der Waals surface area contributed by atoms with Gasteiger partial charge in [-0.2, -0.15) is 0 Å². The highest BCUT2D eigenvalue weighted by Crippen LogP contribution is 2.31. The molecule has 0 radical (unpaired) electrons. The maximum atomic E-state index is 12.6. The Labute approximate surface area is 135 Å². The monoisotopic (exact) mass is 318 g/mol. The first kappa shape index (κ1) is 15.2. The Bertz CT molecular complexity index is 697. The fourth-order valence-corrected chi connectivity index (χ4v) is 3.88. The number of rotatable bonds is 3. The molecule has 22 heavy (non-hydrogen) atoms. The summed E-state index contributed by atoms with van der Waals surface area (Å²) in [7, 11) is 0. The van der Waals surface area contributed by atoms with Gasteiger partial charge in [-0.3, -0.25) is 4.79 Å². The van der Waals surface area contributed by atoms with Gasteiger partial charge in [0, 0.05) is 24.5 Å². The molecular weight excluding hydrogens is 296 g/mol. The smallest absolute Gasteiger partial charge is 0.245 e. The van der Waals surface area contributed by atoms with Crippen molar-refractivity contribution in [3.63, 3.8) is 0 Å². The zero-order chi connectivity index (χ0) is 15.9. The molecule has 1 aliphatic heterocycles. The molecule has 3 rings (SSSR count). The molecular formula is C16H22N4OS. The summed E-state index contributed by atoms with van der Waals surface area (Å²) in [5.41, 5.74) is 0. The fourth-order valence-electron chi connectivity index (χ4n) is 3.03. The molecule has 1 fully saturated rings. The molecule has 1 saturated heterocycles. The van der Waals surface area contributed by atoms with Gasteiger partial charge in [0.05, 0.1) is 5.39 Å². The van der Waals surface area contributed by atoms with E-state index in [9.17, 15) is 4.79 Å². The number of aromatic nitrogens is 2. The third kappa shape index (κ3) is 2.67. The van der Waals surface area contributed by atoms with Crippen LogP contribution in [0.4, 0.5) is 5.82 Å². The Kier molecular flexibility index (Phi) is 4.04. The van der Waals surface area contributed by atoms with Crippen LogP contribution in [0.15, 0.2) is 12.4 Å². The van der Waals surface area contributed by atoms with Crippen molar-refractivity contribution >= 4 is 33.3 Å². The van der Waals surface area contributed by atoms with Crippen molar-refractivity contribution in [1.82, 2.24) is 14.9 Å². The van der Waals surface area contributed by atoms with E-state index >= 15 is 0 Å². The molecule has 5 nitrogen and oxygen atoms in total. The number of piperazine rings is 1. The number of amides is 1. The molecule has 0 spiro atoms. The van der Waals surface area contributed by atoms with Crippen LogP contribution in [0.5, 0.6) is 0 Å². The predicted molar refractivity (Wildman–Crippen MR) is 90.4 cm³/mol. The first-order chi connectivity index (χ1) is 10.5. The van der Waals surface area contributed by atoms with Crippen molar-refractivity contribution in [1.29, 1.82) is 0 Å². The van der Waals surface area contributed by atoms with Crippen LogP contribution in [0.1, 0.15) is 25.6 Å². The van der Waals surface area contributed by atoms with E-state index in [1.54, 1.807) is 17.7 Å². The Morgan fingerprint density at radius 3 is 2.86 bits per heavy atom. The normalized spacial score (nSPS) is 19.5. The number of carbonyl (C=O) groups excluding carboxylic acids is 1. The number of thiophene rings is 1. The largest absolute Gasteiger partial charge is 0.342 e. The third-order valence-electron chi connectivity index (χ3n) is 4.04. The number of hydrogen-bond acceptors (Lipinski definition) is 5. The summed E-state index contributed by atoms with van der Waals surface area (Å²) in [5, 5.41) is 1.06. The highest BCUT2D eigenvalue weighted by Gasteiger charge is 2.33. The highest BCUT2D eigenvalue weighted by molar-refractivity contribution is 7.18. The fraction of sp³-hybridized carbons (Fsp3) is 0.562. The van der Waals surface area contributed by atoms with Crippen molar-refractivity contribution in [2.75, 3.05) is 24.5 Å². The van der Waals surface area contributed by atoms with Gasteiger partial charge in [0.15, 0.2) is 0 Å². The quantitative estimate of drug-likeness (QED) is 0.873. The average molecular weight is 318 g/mol. The number of nitrogens with zero attached hydrogens (tertiary/aromatic N) is 4. The third-order valence-corrected chi connectivity index (χ3v) is 5.00. The minimum Gasteiger partial charge on any atom is -0.342 e. The van der Waals surface area contributed by atoms with Crippen molar-refractivity contribution in [2.45, 2.75) is 33.7 Å². The molecule has 2 aromatic heterocycles. The van der Waals surface area contributed by atoms with E-state index in [0.29, 0.717) is 5.92 Å². The number of anilines is 1. The van der Waals surface area contributed by atoms with Crippen LogP contribution >= 0.6 is 11.3 Å². The summed E-state index contributed by atoms with van der Waals surface area (Å²) in [6.07, 6.45) is 1.60. The lowest BCUT2D eigenvalue weighted by molar-refractivity contribution is -0.134. The lowest BCUT2D eigenvalue weighted by atomic mass is 10.1. The molecule has 0 unspecified atom stereocenters. The van der Waals surface area contributed by atoms with Crippen molar-refractivity contribution in [2.24, 2.45) is 5.92 Å². The van der Waals surface area contributed by atoms with E-state index in [4.69, 9.17) is 0 Å². The van der Waals surface area contributed by atoms with Gasteiger partial charge in [-0.1, -0.05) is 13.8 Å². The van der Waals surface area contributed by atoms with E-state index < -0.39 is 0 Å². The lowest BCUT2D eigenvalue weighted by Crippen LogP contribution is -2.56. The summed E-state index contributed by atoms with van der Waals surface area (Å²) >= 11 is 1.67. The van der Waals surface area contributed by atoms with Gasteiger partial charge in [-0.05, 0) is 25.8 Å². The maximum absolute atomic E-state index is 12.6. The average Bonchev–Trinajstić information content (AvgIpc) is 2.84. The molecule has 0 aromatic carbocycles. The maximum Gasteiger partial charge on any atom is 0.245 e. The summed E-state index contributed by atoms with van der Waals surface area (Å²) in [6.45, 7) is 10.7. The highest BCUT2D eigenvalue weighted by atomic mass is 32.1. The van der Waals surface area contributed by atoms with Crippen LogP contribution in [0.3, 0.4) is 0 Å². The summed E-state index contributed by atoms with van der Waals surface area (Å²) < 4.78 is 0. The van der Waals surface area contributed by atoms with Gasteiger partial charge in [0.2, 0.25) is 5.91 Å². The minimum atomic E-state index is -0.175. The van der Waals surface area contributed by atoms with Crippen molar-refractivity contribution in [3.8, 4) is 0 Å². The van der Waals surface area contributed by atoms with Crippen LogP contribution in [-0.2, 0) is 4.79 Å². The molecule has 1 aliphatic rings. The zero-order valence-electron chi connectivity index (χ0n) is 13.5. The predicted octanol–water partition coefficient (Wildman–Crippen LogP) is 2.69. The first-order valence-corrected chi connectivity index (χ1v) is 8.55. The molecule has 1 amide bonds. The molecule has 0 saturated carbocycles. The second kappa shape index (κ2) is 5.83. The van der Waals surface area contributed by atoms with Gasteiger partial charge in [0.1, 0.15) is 23.0 Å². The van der Waals surface area contributed by atoms with Gasteiger partial charge < -0.3 is 9.80 Å². The van der Waals surface area contributed by atoms with Crippen LogP contribution in [0.2, 0.25) is 0 Å². The number of fused-ring (bicyclic) bond motifs is 1. The molecule has 0 N–H and O–H groups in total.